The zero-order chi connectivity index (χ0) is 21.4. The zero-order valence-corrected chi connectivity index (χ0v) is 16.1. The van der Waals surface area contributed by atoms with Crippen molar-refractivity contribution in [2.24, 2.45) is 0 Å². The Kier molecular flexibility index (Phi) is 4.72. The Balaban J connectivity index is 1.85. The first-order chi connectivity index (χ1) is 14.4. The standard InChI is InChI=1S/C22H15F2N5O/c1-13-18(17-8-5-15(23)9-19(17)24)10-21-26-20(11-22(30)29(21)27-13)28(2)16-6-3-14(12-25)4-7-16/h3-11H,1-2H3. The second-order valence-electron chi connectivity index (χ2n) is 6.71. The number of aryl methyl sites for hydroxylation is 1. The molecular formula is C22H15F2N5O. The van der Waals surface area contributed by atoms with Gasteiger partial charge in [-0.15, -0.1) is 0 Å². The molecule has 0 aliphatic rings. The van der Waals surface area contributed by atoms with E-state index in [1.54, 1.807) is 49.2 Å². The highest BCUT2D eigenvalue weighted by Gasteiger charge is 2.15. The lowest BCUT2D eigenvalue weighted by atomic mass is 10.0. The highest BCUT2D eigenvalue weighted by Crippen LogP contribution is 2.27. The molecule has 0 aliphatic carbocycles. The molecule has 0 atom stereocenters. The summed E-state index contributed by atoms with van der Waals surface area (Å²) in [4.78, 5) is 18.8. The molecule has 0 saturated heterocycles. The van der Waals surface area contributed by atoms with Gasteiger partial charge in [0.1, 0.15) is 17.5 Å². The van der Waals surface area contributed by atoms with E-state index in [4.69, 9.17) is 5.26 Å². The van der Waals surface area contributed by atoms with Crippen LogP contribution < -0.4 is 10.5 Å². The Morgan fingerprint density at radius 1 is 1.03 bits per heavy atom. The van der Waals surface area contributed by atoms with Crippen LogP contribution in [0.15, 0.2) is 59.4 Å². The summed E-state index contributed by atoms with van der Waals surface area (Å²) in [6.07, 6.45) is 0. The van der Waals surface area contributed by atoms with Gasteiger partial charge in [-0.2, -0.15) is 14.9 Å². The van der Waals surface area contributed by atoms with Gasteiger partial charge in [0.05, 0.1) is 17.3 Å². The van der Waals surface area contributed by atoms with Crippen LogP contribution in [0.2, 0.25) is 0 Å². The lowest BCUT2D eigenvalue weighted by Gasteiger charge is -2.19. The Hall–Kier alpha value is -4.12. The van der Waals surface area contributed by atoms with Crippen LogP contribution in [-0.4, -0.2) is 21.6 Å². The summed E-state index contributed by atoms with van der Waals surface area (Å²) in [6.45, 7) is 1.64. The van der Waals surface area contributed by atoms with Crippen molar-refractivity contribution in [3.63, 3.8) is 0 Å². The van der Waals surface area contributed by atoms with Gasteiger partial charge in [0.15, 0.2) is 5.65 Å². The normalized spacial score (nSPS) is 10.8. The summed E-state index contributed by atoms with van der Waals surface area (Å²) in [5, 5.41) is 13.2. The third-order valence-electron chi connectivity index (χ3n) is 4.77. The number of rotatable bonds is 3. The average Bonchev–Trinajstić information content (AvgIpc) is 2.73. The molecule has 2 aromatic carbocycles. The molecule has 2 heterocycles. The number of nitrogens with zero attached hydrogens (tertiary/aromatic N) is 5. The van der Waals surface area contributed by atoms with Crippen molar-refractivity contribution in [3.8, 4) is 17.2 Å². The number of hydrogen-bond acceptors (Lipinski definition) is 5. The molecule has 0 bridgehead atoms. The molecule has 0 saturated carbocycles. The van der Waals surface area contributed by atoms with Crippen molar-refractivity contribution >= 4 is 17.2 Å². The van der Waals surface area contributed by atoms with Crippen LogP contribution in [0.4, 0.5) is 20.3 Å². The van der Waals surface area contributed by atoms with Crippen molar-refractivity contribution < 1.29 is 8.78 Å². The van der Waals surface area contributed by atoms with E-state index in [0.717, 1.165) is 22.3 Å². The minimum atomic E-state index is -0.725. The van der Waals surface area contributed by atoms with Crippen LogP contribution in [0.25, 0.3) is 16.8 Å². The molecule has 6 nitrogen and oxygen atoms in total. The Labute approximate surface area is 170 Å². The zero-order valence-electron chi connectivity index (χ0n) is 16.1. The van der Waals surface area contributed by atoms with Crippen LogP contribution >= 0.6 is 0 Å². The SMILES string of the molecule is Cc1nn2c(=O)cc(N(C)c3ccc(C#N)cc3)nc2cc1-c1ccc(F)cc1F. The van der Waals surface area contributed by atoms with Gasteiger partial charge in [-0.3, -0.25) is 4.79 Å². The van der Waals surface area contributed by atoms with Crippen molar-refractivity contribution in [2.45, 2.75) is 6.92 Å². The Bertz CT molecular complexity index is 1370. The summed E-state index contributed by atoms with van der Waals surface area (Å²) in [5.74, 6) is -1.04. The highest BCUT2D eigenvalue weighted by atomic mass is 19.1. The third kappa shape index (κ3) is 3.37. The second kappa shape index (κ2) is 7.37. The lowest BCUT2D eigenvalue weighted by molar-refractivity contribution is 0.585. The van der Waals surface area contributed by atoms with E-state index in [1.807, 2.05) is 0 Å². The minimum Gasteiger partial charge on any atom is -0.329 e. The molecule has 0 radical (unpaired) electrons. The Morgan fingerprint density at radius 2 is 1.77 bits per heavy atom. The van der Waals surface area contributed by atoms with Gasteiger partial charge in [-0.05, 0) is 49.4 Å². The van der Waals surface area contributed by atoms with E-state index in [-0.39, 0.29) is 11.2 Å². The van der Waals surface area contributed by atoms with E-state index in [1.165, 1.54) is 12.1 Å². The smallest absolute Gasteiger partial charge is 0.276 e. The predicted molar refractivity (Wildman–Crippen MR) is 109 cm³/mol. The quantitative estimate of drug-likeness (QED) is 0.517. The maximum atomic E-state index is 14.3. The average molecular weight is 403 g/mol. The van der Waals surface area contributed by atoms with Crippen molar-refractivity contribution in [2.75, 3.05) is 11.9 Å². The molecule has 4 rings (SSSR count). The molecule has 0 amide bonds. The number of hydrogen-bond donors (Lipinski definition) is 0. The largest absolute Gasteiger partial charge is 0.329 e. The van der Waals surface area contributed by atoms with E-state index >= 15 is 0 Å². The first kappa shape index (κ1) is 19.2. The maximum absolute atomic E-state index is 14.3. The maximum Gasteiger partial charge on any atom is 0.276 e. The van der Waals surface area contributed by atoms with Gasteiger partial charge in [-0.25, -0.2) is 13.8 Å². The number of nitriles is 1. The summed E-state index contributed by atoms with van der Waals surface area (Å²) in [7, 11) is 1.74. The van der Waals surface area contributed by atoms with E-state index < -0.39 is 17.2 Å². The van der Waals surface area contributed by atoms with Gasteiger partial charge in [0.25, 0.3) is 5.56 Å². The van der Waals surface area contributed by atoms with E-state index in [0.29, 0.717) is 22.6 Å². The molecule has 8 heteroatoms. The first-order valence-electron chi connectivity index (χ1n) is 8.98. The number of benzene rings is 2. The highest BCUT2D eigenvalue weighted by molar-refractivity contribution is 5.71. The molecule has 0 aliphatic heterocycles. The van der Waals surface area contributed by atoms with Gasteiger partial charge in [0, 0.05) is 36.0 Å². The topological polar surface area (TPSA) is 74.3 Å². The van der Waals surface area contributed by atoms with Gasteiger partial charge < -0.3 is 4.90 Å². The van der Waals surface area contributed by atoms with Crippen molar-refractivity contribution in [3.05, 3.63) is 87.8 Å². The number of anilines is 2. The summed E-state index contributed by atoms with van der Waals surface area (Å²) in [5.41, 5.74) is 2.07. The van der Waals surface area contributed by atoms with Crippen LogP contribution in [0.3, 0.4) is 0 Å². The molecule has 30 heavy (non-hydrogen) atoms. The fourth-order valence-electron chi connectivity index (χ4n) is 3.16. The first-order valence-corrected chi connectivity index (χ1v) is 8.98. The van der Waals surface area contributed by atoms with Gasteiger partial charge in [0.2, 0.25) is 0 Å². The molecule has 2 aromatic heterocycles. The van der Waals surface area contributed by atoms with Crippen LogP contribution in [-0.2, 0) is 0 Å². The van der Waals surface area contributed by atoms with Gasteiger partial charge in [-0.1, -0.05) is 0 Å². The molecular weight excluding hydrogens is 388 g/mol. The summed E-state index contributed by atoms with van der Waals surface area (Å²) < 4.78 is 28.7. The van der Waals surface area contributed by atoms with Crippen molar-refractivity contribution in [1.82, 2.24) is 14.6 Å². The molecule has 0 spiro atoms. The van der Waals surface area contributed by atoms with E-state index in [9.17, 15) is 13.6 Å². The summed E-state index contributed by atoms with van der Waals surface area (Å²) >= 11 is 0. The van der Waals surface area contributed by atoms with Gasteiger partial charge >= 0.3 is 0 Å². The van der Waals surface area contributed by atoms with Crippen molar-refractivity contribution in [1.29, 1.82) is 5.26 Å². The molecule has 0 unspecified atom stereocenters. The monoisotopic (exact) mass is 403 g/mol. The fourth-order valence-corrected chi connectivity index (χ4v) is 3.16. The van der Waals surface area contributed by atoms with Crippen LogP contribution in [0.5, 0.6) is 0 Å². The number of fused-ring (bicyclic) bond motifs is 1. The molecule has 0 fully saturated rings. The lowest BCUT2D eigenvalue weighted by Crippen LogP contribution is -2.22. The summed E-state index contributed by atoms with van der Waals surface area (Å²) in [6, 6.07) is 15.1. The number of aromatic nitrogens is 3. The van der Waals surface area contributed by atoms with Crippen LogP contribution in [0.1, 0.15) is 11.3 Å². The van der Waals surface area contributed by atoms with Crippen LogP contribution in [0, 0.1) is 29.9 Å². The minimum absolute atomic E-state index is 0.170. The van der Waals surface area contributed by atoms with E-state index in [2.05, 4.69) is 16.2 Å². The predicted octanol–water partition coefficient (Wildman–Crippen LogP) is 3.98. The Morgan fingerprint density at radius 3 is 2.43 bits per heavy atom. The number of halogens is 2. The molecule has 4 aromatic rings. The molecule has 0 N–H and O–H groups in total. The second-order valence-corrected chi connectivity index (χ2v) is 6.71. The fraction of sp³-hybridized carbons (Fsp3) is 0.0909. The third-order valence-corrected chi connectivity index (χ3v) is 4.77. The molecule has 148 valence electrons.